The first-order chi connectivity index (χ1) is 12.5. The van der Waals surface area contributed by atoms with E-state index >= 15 is 0 Å². The van der Waals surface area contributed by atoms with Gasteiger partial charge in [-0.25, -0.2) is 9.97 Å². The topological polar surface area (TPSA) is 171 Å². The van der Waals surface area contributed by atoms with E-state index in [1.807, 2.05) is 0 Å². The molecule has 2 aromatic rings. The van der Waals surface area contributed by atoms with Crippen molar-refractivity contribution in [1.29, 1.82) is 0 Å². The molecule has 138 valence electrons. The summed E-state index contributed by atoms with van der Waals surface area (Å²) in [5.41, 5.74) is 6.34. The molecule has 0 aliphatic carbocycles. The minimum Gasteiger partial charge on any atom is -0.409 e. The van der Waals surface area contributed by atoms with Gasteiger partial charge in [-0.3, -0.25) is 0 Å². The number of terminal acetylenes is 1. The van der Waals surface area contributed by atoms with Crippen LogP contribution in [0.1, 0.15) is 11.8 Å². The maximum absolute atomic E-state index is 10.3. The highest BCUT2D eigenvalue weighted by atomic mass is 16.6. The van der Waals surface area contributed by atoms with E-state index in [4.69, 9.17) is 22.1 Å². The molecule has 1 aliphatic rings. The second kappa shape index (κ2) is 7.14. The van der Waals surface area contributed by atoms with Crippen molar-refractivity contribution in [1.82, 2.24) is 14.5 Å². The standard InChI is InChI=1S/C15H18N6O5/c1-2-3-17-13-9-7(12(16)20-25)4-21(14(9)19-6-18-13)15-11(24)10(23)8(5-22)26-15/h1,4,6,8,10-11,15,22-25H,3,5H2,(H2,16,20)(H,17,18,19)/t8?,10?,11-,15-/m1/s1. The first-order valence-corrected chi connectivity index (χ1v) is 7.66. The van der Waals surface area contributed by atoms with Gasteiger partial charge < -0.3 is 40.9 Å². The predicted octanol–water partition coefficient (Wildman–Crippen LogP) is -1.82. The Hall–Kier alpha value is -2.91. The molecule has 0 bridgehead atoms. The number of nitrogens with zero attached hydrogens (tertiary/aromatic N) is 4. The van der Waals surface area contributed by atoms with E-state index in [0.717, 1.165) is 0 Å². The number of anilines is 1. The summed E-state index contributed by atoms with van der Waals surface area (Å²) >= 11 is 0. The fourth-order valence-electron chi connectivity index (χ4n) is 2.91. The number of aliphatic hydroxyl groups is 3. The maximum Gasteiger partial charge on any atom is 0.172 e. The first kappa shape index (κ1) is 17.9. The molecule has 11 heteroatoms. The number of hydrogen-bond acceptors (Lipinski definition) is 9. The summed E-state index contributed by atoms with van der Waals surface area (Å²) < 4.78 is 6.96. The highest BCUT2D eigenvalue weighted by molar-refractivity contribution is 6.11. The Morgan fingerprint density at radius 3 is 2.81 bits per heavy atom. The lowest BCUT2D eigenvalue weighted by Gasteiger charge is -2.17. The van der Waals surface area contributed by atoms with Crippen LogP contribution in [0.5, 0.6) is 0 Å². The highest BCUT2D eigenvalue weighted by Crippen LogP contribution is 2.35. The number of nitrogens with one attached hydrogen (secondary N) is 1. The molecule has 11 nitrogen and oxygen atoms in total. The number of ether oxygens (including phenoxy) is 1. The number of aromatic nitrogens is 3. The molecular weight excluding hydrogens is 344 g/mol. The molecule has 0 spiro atoms. The number of nitrogens with two attached hydrogens (primary N) is 1. The summed E-state index contributed by atoms with van der Waals surface area (Å²) in [5, 5.41) is 44.9. The summed E-state index contributed by atoms with van der Waals surface area (Å²) in [7, 11) is 0. The number of fused-ring (bicyclic) bond motifs is 1. The Balaban J connectivity index is 2.17. The van der Waals surface area contributed by atoms with Gasteiger partial charge in [-0.2, -0.15) is 0 Å². The minimum absolute atomic E-state index is 0.181. The normalized spacial score (nSPS) is 26.2. The van der Waals surface area contributed by atoms with Gasteiger partial charge in [0.1, 0.15) is 36.1 Å². The van der Waals surface area contributed by atoms with Gasteiger partial charge in [0, 0.05) is 6.20 Å². The molecule has 26 heavy (non-hydrogen) atoms. The van der Waals surface area contributed by atoms with E-state index in [-0.39, 0.29) is 17.9 Å². The molecule has 1 aliphatic heterocycles. The molecule has 0 aromatic carbocycles. The number of aliphatic hydroxyl groups excluding tert-OH is 3. The molecule has 4 atom stereocenters. The molecule has 0 amide bonds. The Kier molecular flexibility index (Phi) is 4.92. The Morgan fingerprint density at radius 1 is 1.42 bits per heavy atom. The fourth-order valence-corrected chi connectivity index (χ4v) is 2.91. The van der Waals surface area contributed by atoms with E-state index in [2.05, 4.69) is 26.4 Å². The quantitative estimate of drug-likeness (QED) is 0.118. The average molecular weight is 362 g/mol. The Labute approximate surface area is 147 Å². The molecule has 2 unspecified atom stereocenters. The van der Waals surface area contributed by atoms with Gasteiger partial charge in [0.05, 0.1) is 24.1 Å². The summed E-state index contributed by atoms with van der Waals surface area (Å²) in [6.45, 7) is -0.286. The van der Waals surface area contributed by atoms with Crippen molar-refractivity contribution in [2.45, 2.75) is 24.5 Å². The van der Waals surface area contributed by atoms with Gasteiger partial charge >= 0.3 is 0 Å². The summed E-state index contributed by atoms with van der Waals surface area (Å²) in [4.78, 5) is 8.29. The van der Waals surface area contributed by atoms with Crippen LogP contribution in [-0.4, -0.2) is 72.4 Å². The van der Waals surface area contributed by atoms with E-state index < -0.39 is 31.1 Å². The lowest BCUT2D eigenvalue weighted by atomic mass is 10.1. The zero-order valence-corrected chi connectivity index (χ0v) is 13.5. The molecule has 1 saturated heterocycles. The van der Waals surface area contributed by atoms with Crippen LogP contribution in [0.4, 0.5) is 5.82 Å². The van der Waals surface area contributed by atoms with Crippen molar-refractivity contribution in [3.63, 3.8) is 0 Å². The van der Waals surface area contributed by atoms with Crippen LogP contribution >= 0.6 is 0 Å². The van der Waals surface area contributed by atoms with E-state index in [9.17, 15) is 15.3 Å². The molecule has 3 heterocycles. The van der Waals surface area contributed by atoms with Crippen LogP contribution < -0.4 is 11.1 Å². The second-order valence-corrected chi connectivity index (χ2v) is 5.64. The van der Waals surface area contributed by atoms with Crippen LogP contribution in [0.25, 0.3) is 11.0 Å². The molecule has 0 radical (unpaired) electrons. The van der Waals surface area contributed by atoms with Crippen molar-refractivity contribution in [3.05, 3.63) is 18.1 Å². The van der Waals surface area contributed by atoms with Gasteiger partial charge in [-0.15, -0.1) is 6.42 Å². The van der Waals surface area contributed by atoms with E-state index in [0.29, 0.717) is 16.9 Å². The SMILES string of the molecule is C#CCNc1ncnc2c1c(/C(N)=N/O)cn2[C@@H]1OC(CO)C(O)[C@H]1O. The number of rotatable bonds is 5. The predicted molar refractivity (Wildman–Crippen MR) is 90.4 cm³/mol. The lowest BCUT2D eigenvalue weighted by molar-refractivity contribution is -0.0508. The summed E-state index contributed by atoms with van der Waals surface area (Å²) in [6, 6.07) is 0. The summed E-state index contributed by atoms with van der Waals surface area (Å²) in [6.07, 6.45) is 3.39. The van der Waals surface area contributed by atoms with Crippen LogP contribution in [0, 0.1) is 12.3 Å². The molecule has 3 rings (SSSR count). The van der Waals surface area contributed by atoms with Crippen LogP contribution in [0.15, 0.2) is 17.7 Å². The third-order valence-electron chi connectivity index (χ3n) is 4.14. The highest BCUT2D eigenvalue weighted by Gasteiger charge is 2.44. The van der Waals surface area contributed by atoms with Gasteiger partial charge in [-0.1, -0.05) is 11.1 Å². The van der Waals surface area contributed by atoms with Crippen molar-refractivity contribution >= 4 is 22.7 Å². The Bertz CT molecular complexity index is 875. The molecule has 0 saturated carbocycles. The van der Waals surface area contributed by atoms with Crippen molar-refractivity contribution in [2.24, 2.45) is 10.9 Å². The van der Waals surface area contributed by atoms with Crippen LogP contribution in [0.2, 0.25) is 0 Å². The summed E-state index contributed by atoms with van der Waals surface area (Å²) in [5.74, 6) is 2.56. The van der Waals surface area contributed by atoms with Gasteiger partial charge in [0.15, 0.2) is 12.1 Å². The van der Waals surface area contributed by atoms with Gasteiger partial charge in [-0.05, 0) is 0 Å². The van der Waals surface area contributed by atoms with E-state index in [1.54, 1.807) is 0 Å². The largest absolute Gasteiger partial charge is 0.409 e. The van der Waals surface area contributed by atoms with Crippen LogP contribution in [-0.2, 0) is 4.74 Å². The zero-order chi connectivity index (χ0) is 18.8. The van der Waals surface area contributed by atoms with Crippen LogP contribution in [0.3, 0.4) is 0 Å². The molecule has 1 fully saturated rings. The Morgan fingerprint density at radius 2 is 2.19 bits per heavy atom. The fraction of sp³-hybridized carbons (Fsp3) is 0.400. The molecule has 2 aromatic heterocycles. The monoisotopic (exact) mass is 362 g/mol. The second-order valence-electron chi connectivity index (χ2n) is 5.64. The molecule has 7 N–H and O–H groups in total. The lowest BCUT2D eigenvalue weighted by Crippen LogP contribution is -2.33. The number of hydrogen-bond donors (Lipinski definition) is 6. The third-order valence-corrected chi connectivity index (χ3v) is 4.14. The maximum atomic E-state index is 10.3. The number of oxime groups is 1. The van der Waals surface area contributed by atoms with Crippen molar-refractivity contribution < 1.29 is 25.3 Å². The smallest absolute Gasteiger partial charge is 0.172 e. The minimum atomic E-state index is -1.32. The van der Waals surface area contributed by atoms with Gasteiger partial charge in [0.25, 0.3) is 0 Å². The van der Waals surface area contributed by atoms with Crippen molar-refractivity contribution in [2.75, 3.05) is 18.5 Å². The average Bonchev–Trinajstić information content (AvgIpc) is 3.18. The van der Waals surface area contributed by atoms with E-state index in [1.165, 1.54) is 17.1 Å². The van der Waals surface area contributed by atoms with Gasteiger partial charge in [0.2, 0.25) is 0 Å². The number of amidine groups is 1. The molecular formula is C15H18N6O5. The van der Waals surface area contributed by atoms with Crippen molar-refractivity contribution in [3.8, 4) is 12.3 Å². The third kappa shape index (κ3) is 2.80. The first-order valence-electron chi connectivity index (χ1n) is 7.66. The zero-order valence-electron chi connectivity index (χ0n) is 13.5.